The van der Waals surface area contributed by atoms with Gasteiger partial charge in [0.1, 0.15) is 5.75 Å². The Morgan fingerprint density at radius 3 is 2.46 bits per heavy atom. The van der Waals surface area contributed by atoms with Gasteiger partial charge in [-0.15, -0.1) is 0 Å². The van der Waals surface area contributed by atoms with Gasteiger partial charge in [0.2, 0.25) is 5.91 Å². The lowest BCUT2D eigenvalue weighted by Gasteiger charge is -2.18. The zero-order chi connectivity index (χ0) is 19.1. The number of amides is 1. The summed E-state index contributed by atoms with van der Waals surface area (Å²) in [5.41, 5.74) is 2.60. The number of ketones is 1. The molecule has 1 unspecified atom stereocenters. The Labute approximate surface area is 159 Å². The van der Waals surface area contributed by atoms with Crippen LogP contribution in [0.15, 0.2) is 42.5 Å². The lowest BCUT2D eigenvalue weighted by Crippen LogP contribution is -2.27. The minimum Gasteiger partial charge on any atom is -0.494 e. The SMILES string of the molecule is CCOc1ccc(C)cc1C(C)NC(=O)CCC(=O)c1ccc(Cl)cc1. The van der Waals surface area contributed by atoms with E-state index in [0.29, 0.717) is 17.2 Å². The summed E-state index contributed by atoms with van der Waals surface area (Å²) < 4.78 is 5.64. The monoisotopic (exact) mass is 373 g/mol. The molecule has 0 heterocycles. The highest BCUT2D eigenvalue weighted by atomic mass is 35.5. The normalized spacial score (nSPS) is 11.7. The average Bonchev–Trinajstić information content (AvgIpc) is 2.62. The Kier molecular flexibility index (Phi) is 7.22. The van der Waals surface area contributed by atoms with Crippen molar-refractivity contribution in [1.82, 2.24) is 5.32 Å². The number of halogens is 1. The first-order chi connectivity index (χ1) is 12.4. The van der Waals surface area contributed by atoms with Crippen molar-refractivity contribution in [2.45, 2.75) is 39.7 Å². The van der Waals surface area contributed by atoms with Crippen molar-refractivity contribution in [2.24, 2.45) is 0 Å². The maximum Gasteiger partial charge on any atom is 0.220 e. The molecule has 1 atom stereocenters. The molecule has 0 bridgehead atoms. The number of Topliss-reactive ketones (excluding diaryl/α,β-unsaturated/α-hetero) is 1. The van der Waals surface area contributed by atoms with Crippen molar-refractivity contribution >= 4 is 23.3 Å². The fourth-order valence-corrected chi connectivity index (χ4v) is 2.82. The van der Waals surface area contributed by atoms with E-state index in [4.69, 9.17) is 16.3 Å². The second-order valence-electron chi connectivity index (χ2n) is 6.19. The molecule has 0 aliphatic heterocycles. The summed E-state index contributed by atoms with van der Waals surface area (Å²) >= 11 is 5.82. The van der Waals surface area contributed by atoms with Gasteiger partial charge in [-0.3, -0.25) is 9.59 Å². The van der Waals surface area contributed by atoms with Gasteiger partial charge in [0, 0.05) is 29.0 Å². The molecule has 0 saturated carbocycles. The molecule has 2 rings (SSSR count). The van der Waals surface area contributed by atoms with E-state index in [1.165, 1.54) is 0 Å². The topological polar surface area (TPSA) is 55.4 Å². The van der Waals surface area contributed by atoms with E-state index in [1.807, 2.05) is 39.0 Å². The molecule has 4 nitrogen and oxygen atoms in total. The smallest absolute Gasteiger partial charge is 0.220 e. The molecule has 2 aromatic carbocycles. The summed E-state index contributed by atoms with van der Waals surface area (Å²) in [5, 5.41) is 3.53. The summed E-state index contributed by atoms with van der Waals surface area (Å²) in [6, 6.07) is 12.4. The average molecular weight is 374 g/mol. The first kappa shape index (κ1) is 20.0. The molecule has 0 aliphatic rings. The molecular formula is C21H24ClNO3. The predicted molar refractivity (Wildman–Crippen MR) is 104 cm³/mol. The Balaban J connectivity index is 1.94. The number of aryl methyl sites for hydroxylation is 1. The van der Waals surface area contributed by atoms with E-state index in [1.54, 1.807) is 24.3 Å². The highest BCUT2D eigenvalue weighted by Crippen LogP contribution is 2.26. The van der Waals surface area contributed by atoms with Crippen molar-refractivity contribution in [3.05, 3.63) is 64.2 Å². The van der Waals surface area contributed by atoms with Gasteiger partial charge in [0.25, 0.3) is 0 Å². The van der Waals surface area contributed by atoms with Crippen LogP contribution in [0.25, 0.3) is 0 Å². The number of hydrogen-bond acceptors (Lipinski definition) is 3. The van der Waals surface area contributed by atoms with Crippen LogP contribution in [-0.2, 0) is 4.79 Å². The van der Waals surface area contributed by atoms with Crippen LogP contribution in [-0.4, -0.2) is 18.3 Å². The molecule has 0 spiro atoms. The first-order valence-corrected chi connectivity index (χ1v) is 9.10. The molecule has 0 fully saturated rings. The van der Waals surface area contributed by atoms with E-state index in [2.05, 4.69) is 5.32 Å². The van der Waals surface area contributed by atoms with Crippen LogP contribution in [0.2, 0.25) is 5.02 Å². The van der Waals surface area contributed by atoms with Gasteiger partial charge in [-0.1, -0.05) is 29.3 Å². The van der Waals surface area contributed by atoms with Crippen LogP contribution >= 0.6 is 11.6 Å². The molecule has 26 heavy (non-hydrogen) atoms. The number of carbonyl (C=O) groups is 2. The van der Waals surface area contributed by atoms with Crippen LogP contribution < -0.4 is 10.1 Å². The second kappa shape index (κ2) is 9.39. The standard InChI is InChI=1S/C21H24ClNO3/c1-4-26-20-11-5-14(2)13-18(20)15(3)23-21(25)12-10-19(24)16-6-8-17(22)9-7-16/h5-9,11,13,15H,4,10,12H2,1-3H3,(H,23,25). The molecular weight excluding hydrogens is 350 g/mol. The third-order valence-electron chi connectivity index (χ3n) is 4.05. The molecule has 138 valence electrons. The minimum absolute atomic E-state index is 0.0740. The number of carbonyl (C=O) groups excluding carboxylic acids is 2. The summed E-state index contributed by atoms with van der Waals surface area (Å²) in [4.78, 5) is 24.4. The lowest BCUT2D eigenvalue weighted by atomic mass is 10.0. The van der Waals surface area contributed by atoms with Gasteiger partial charge in [0.15, 0.2) is 5.78 Å². The van der Waals surface area contributed by atoms with Crippen LogP contribution in [0.3, 0.4) is 0 Å². The molecule has 5 heteroatoms. The third kappa shape index (κ3) is 5.60. The van der Waals surface area contributed by atoms with Gasteiger partial charge in [0.05, 0.1) is 12.6 Å². The van der Waals surface area contributed by atoms with Crippen LogP contribution in [0, 0.1) is 6.92 Å². The highest BCUT2D eigenvalue weighted by Gasteiger charge is 2.16. The van der Waals surface area contributed by atoms with E-state index in [9.17, 15) is 9.59 Å². The number of rotatable bonds is 8. The van der Waals surface area contributed by atoms with Crippen molar-refractivity contribution < 1.29 is 14.3 Å². The summed E-state index contributed by atoms with van der Waals surface area (Å²) in [6.45, 7) is 6.40. The van der Waals surface area contributed by atoms with Gasteiger partial charge in [-0.2, -0.15) is 0 Å². The van der Waals surface area contributed by atoms with Crippen molar-refractivity contribution in [1.29, 1.82) is 0 Å². The number of hydrogen-bond donors (Lipinski definition) is 1. The maximum atomic E-state index is 12.2. The molecule has 1 amide bonds. The zero-order valence-corrected chi connectivity index (χ0v) is 16.1. The summed E-state index contributed by atoms with van der Waals surface area (Å²) in [6.07, 6.45) is 0.300. The number of nitrogens with one attached hydrogen (secondary N) is 1. The van der Waals surface area contributed by atoms with Gasteiger partial charge >= 0.3 is 0 Å². The Morgan fingerprint density at radius 1 is 1.12 bits per heavy atom. The van der Waals surface area contributed by atoms with Crippen LogP contribution in [0.4, 0.5) is 0 Å². The molecule has 0 aliphatic carbocycles. The van der Waals surface area contributed by atoms with Gasteiger partial charge < -0.3 is 10.1 Å². The Hall–Kier alpha value is -2.33. The van der Waals surface area contributed by atoms with Gasteiger partial charge in [-0.05, 0) is 51.1 Å². The first-order valence-electron chi connectivity index (χ1n) is 8.72. The minimum atomic E-state index is -0.199. The van der Waals surface area contributed by atoms with Crippen LogP contribution in [0.1, 0.15) is 54.2 Å². The highest BCUT2D eigenvalue weighted by molar-refractivity contribution is 6.30. The predicted octanol–water partition coefficient (Wildman–Crippen LogP) is 4.89. The number of benzene rings is 2. The van der Waals surface area contributed by atoms with E-state index in [-0.39, 0.29) is 30.6 Å². The zero-order valence-electron chi connectivity index (χ0n) is 15.3. The maximum absolute atomic E-state index is 12.2. The number of ether oxygens (including phenoxy) is 1. The largest absolute Gasteiger partial charge is 0.494 e. The molecule has 0 aromatic heterocycles. The Morgan fingerprint density at radius 2 is 1.81 bits per heavy atom. The Bertz CT molecular complexity index is 771. The lowest BCUT2D eigenvalue weighted by molar-refractivity contribution is -0.121. The van der Waals surface area contributed by atoms with E-state index >= 15 is 0 Å². The van der Waals surface area contributed by atoms with Gasteiger partial charge in [-0.25, -0.2) is 0 Å². The van der Waals surface area contributed by atoms with Crippen molar-refractivity contribution in [3.8, 4) is 5.75 Å². The molecule has 2 aromatic rings. The molecule has 0 radical (unpaired) electrons. The summed E-state index contributed by atoms with van der Waals surface area (Å²) in [5.74, 6) is 0.530. The quantitative estimate of drug-likeness (QED) is 0.670. The summed E-state index contributed by atoms with van der Waals surface area (Å²) in [7, 11) is 0. The fourth-order valence-electron chi connectivity index (χ4n) is 2.69. The van der Waals surface area contributed by atoms with Crippen molar-refractivity contribution in [2.75, 3.05) is 6.61 Å². The van der Waals surface area contributed by atoms with E-state index < -0.39 is 0 Å². The third-order valence-corrected chi connectivity index (χ3v) is 4.31. The van der Waals surface area contributed by atoms with Crippen LogP contribution in [0.5, 0.6) is 5.75 Å². The molecule has 1 N–H and O–H groups in total. The molecule has 0 saturated heterocycles. The second-order valence-corrected chi connectivity index (χ2v) is 6.63. The van der Waals surface area contributed by atoms with E-state index in [0.717, 1.165) is 16.9 Å². The fraction of sp³-hybridized carbons (Fsp3) is 0.333. The van der Waals surface area contributed by atoms with Crippen molar-refractivity contribution in [3.63, 3.8) is 0 Å².